The summed E-state index contributed by atoms with van der Waals surface area (Å²) < 4.78 is 60.2. The van der Waals surface area contributed by atoms with Crippen LogP contribution in [0.25, 0.3) is 0 Å². The lowest BCUT2D eigenvalue weighted by atomic mass is 10.2. The van der Waals surface area contributed by atoms with Gasteiger partial charge in [-0.3, -0.25) is 4.79 Å². The zero-order chi connectivity index (χ0) is 14.0. The number of rotatable bonds is 3. The highest BCUT2D eigenvalue weighted by atomic mass is 32.2. The first-order valence-corrected chi connectivity index (χ1v) is 7.62. The summed E-state index contributed by atoms with van der Waals surface area (Å²) in [7, 11) is -3.96. The van der Waals surface area contributed by atoms with E-state index in [2.05, 4.69) is 0 Å². The van der Waals surface area contributed by atoms with E-state index in [1.165, 1.54) is 0 Å². The molecule has 0 aromatic heterocycles. The SMILES string of the molecule is CS(=O)(=O)C(CC(F)(F)F)N1CCCCCC1=O. The van der Waals surface area contributed by atoms with Crippen molar-refractivity contribution in [3.8, 4) is 0 Å². The van der Waals surface area contributed by atoms with Crippen molar-refractivity contribution in [2.75, 3.05) is 12.8 Å². The van der Waals surface area contributed by atoms with Gasteiger partial charge in [-0.15, -0.1) is 0 Å². The first-order chi connectivity index (χ1) is 8.11. The van der Waals surface area contributed by atoms with Crippen molar-refractivity contribution in [2.45, 2.75) is 43.7 Å². The lowest BCUT2D eigenvalue weighted by Gasteiger charge is -2.30. The zero-order valence-corrected chi connectivity index (χ0v) is 10.9. The third kappa shape index (κ3) is 4.47. The molecule has 1 rings (SSSR count). The Morgan fingerprint density at radius 2 is 1.89 bits per heavy atom. The van der Waals surface area contributed by atoms with Crippen LogP contribution in [0.3, 0.4) is 0 Å². The van der Waals surface area contributed by atoms with Crippen LogP contribution >= 0.6 is 0 Å². The van der Waals surface area contributed by atoms with Crippen molar-refractivity contribution in [1.29, 1.82) is 0 Å². The van der Waals surface area contributed by atoms with E-state index >= 15 is 0 Å². The highest BCUT2D eigenvalue weighted by Gasteiger charge is 2.41. The van der Waals surface area contributed by atoms with E-state index in [1.54, 1.807) is 0 Å². The van der Waals surface area contributed by atoms with Crippen LogP contribution in [0.2, 0.25) is 0 Å². The van der Waals surface area contributed by atoms with E-state index in [9.17, 15) is 26.4 Å². The molecule has 1 heterocycles. The van der Waals surface area contributed by atoms with Gasteiger partial charge in [-0.25, -0.2) is 8.42 Å². The fourth-order valence-corrected chi connectivity index (χ4v) is 3.18. The second kappa shape index (κ2) is 5.46. The Morgan fingerprint density at radius 3 is 2.39 bits per heavy atom. The maximum absolute atomic E-state index is 12.4. The number of carbonyl (C=O) groups excluding carboxylic acids is 1. The maximum atomic E-state index is 12.4. The smallest absolute Gasteiger partial charge is 0.325 e. The molecule has 0 aliphatic carbocycles. The third-order valence-electron chi connectivity index (χ3n) is 2.86. The van der Waals surface area contributed by atoms with Crippen LogP contribution in [0.5, 0.6) is 0 Å². The van der Waals surface area contributed by atoms with Crippen LogP contribution in [0.4, 0.5) is 13.2 Å². The summed E-state index contributed by atoms with van der Waals surface area (Å²) in [4.78, 5) is 12.6. The summed E-state index contributed by atoms with van der Waals surface area (Å²) in [5, 5.41) is -1.79. The number of sulfone groups is 1. The molecular formula is C10H16F3NO3S. The quantitative estimate of drug-likeness (QED) is 0.794. The van der Waals surface area contributed by atoms with Gasteiger partial charge in [-0.2, -0.15) is 13.2 Å². The normalized spacial score (nSPS) is 20.7. The van der Waals surface area contributed by atoms with Gasteiger partial charge in [-0.1, -0.05) is 6.42 Å². The number of hydrogen-bond donors (Lipinski definition) is 0. The van der Waals surface area contributed by atoms with E-state index in [-0.39, 0.29) is 13.0 Å². The molecule has 0 N–H and O–H groups in total. The van der Waals surface area contributed by atoms with Crippen molar-refractivity contribution in [2.24, 2.45) is 0 Å². The van der Waals surface area contributed by atoms with Gasteiger partial charge >= 0.3 is 6.18 Å². The minimum absolute atomic E-state index is 0.0760. The molecule has 0 aromatic carbocycles. The number of alkyl halides is 3. The molecule has 1 atom stereocenters. The molecule has 1 saturated heterocycles. The molecule has 0 radical (unpaired) electrons. The molecular weight excluding hydrogens is 271 g/mol. The van der Waals surface area contributed by atoms with Gasteiger partial charge in [0.1, 0.15) is 5.37 Å². The van der Waals surface area contributed by atoms with Crippen LogP contribution in [0.1, 0.15) is 32.1 Å². The van der Waals surface area contributed by atoms with Crippen LogP contribution in [-0.2, 0) is 14.6 Å². The Kier molecular flexibility index (Phi) is 4.63. The highest BCUT2D eigenvalue weighted by Crippen LogP contribution is 2.28. The minimum Gasteiger partial charge on any atom is -0.325 e. The largest absolute Gasteiger partial charge is 0.392 e. The lowest BCUT2D eigenvalue weighted by molar-refractivity contribution is -0.148. The van der Waals surface area contributed by atoms with E-state index in [4.69, 9.17) is 0 Å². The van der Waals surface area contributed by atoms with Gasteiger partial charge in [-0.05, 0) is 12.8 Å². The van der Waals surface area contributed by atoms with Gasteiger partial charge in [0.2, 0.25) is 5.91 Å². The van der Waals surface area contributed by atoms with E-state index in [0.29, 0.717) is 12.8 Å². The average molecular weight is 287 g/mol. The molecule has 1 unspecified atom stereocenters. The van der Waals surface area contributed by atoms with Crippen LogP contribution in [-0.4, -0.2) is 43.6 Å². The highest BCUT2D eigenvalue weighted by molar-refractivity contribution is 7.91. The first kappa shape index (κ1) is 15.3. The summed E-state index contributed by atoms with van der Waals surface area (Å²) in [6.07, 6.45) is -3.40. The molecule has 4 nitrogen and oxygen atoms in total. The number of likely N-dealkylation sites (tertiary alicyclic amines) is 1. The van der Waals surface area contributed by atoms with Crippen LogP contribution < -0.4 is 0 Å². The molecule has 0 saturated carbocycles. The van der Waals surface area contributed by atoms with Crippen molar-refractivity contribution in [3.63, 3.8) is 0 Å². The second-order valence-electron chi connectivity index (χ2n) is 4.50. The van der Waals surface area contributed by atoms with Crippen molar-refractivity contribution >= 4 is 15.7 Å². The summed E-state index contributed by atoms with van der Waals surface area (Å²) in [5.41, 5.74) is 0. The number of halogens is 3. The van der Waals surface area contributed by atoms with Gasteiger partial charge in [0, 0.05) is 19.2 Å². The molecule has 1 amide bonds. The lowest BCUT2D eigenvalue weighted by Crippen LogP contribution is -2.46. The summed E-state index contributed by atoms with van der Waals surface area (Å²) in [5.74, 6) is -0.507. The predicted octanol–water partition coefficient (Wildman–Crippen LogP) is 1.71. The van der Waals surface area contributed by atoms with Gasteiger partial charge < -0.3 is 4.90 Å². The van der Waals surface area contributed by atoms with Crippen molar-refractivity contribution < 1.29 is 26.4 Å². The van der Waals surface area contributed by atoms with Gasteiger partial charge in [0.15, 0.2) is 9.84 Å². The monoisotopic (exact) mass is 287 g/mol. The minimum atomic E-state index is -4.61. The Balaban J connectivity index is 2.98. The Labute approximate surface area is 104 Å². The number of carbonyl (C=O) groups is 1. The summed E-state index contributed by atoms with van der Waals surface area (Å²) in [6, 6.07) is 0. The van der Waals surface area contributed by atoms with Crippen molar-refractivity contribution in [1.82, 2.24) is 4.90 Å². The standard InChI is InChI=1S/C10H16F3NO3S/c1-18(16,17)9(7-10(11,12)13)14-6-4-2-3-5-8(14)15/h9H,2-7H2,1H3. The number of hydrogen-bond acceptors (Lipinski definition) is 3. The number of amides is 1. The van der Waals surface area contributed by atoms with Gasteiger partial charge in [0.25, 0.3) is 0 Å². The van der Waals surface area contributed by atoms with Crippen LogP contribution in [0.15, 0.2) is 0 Å². The second-order valence-corrected chi connectivity index (χ2v) is 6.70. The first-order valence-electron chi connectivity index (χ1n) is 5.66. The molecule has 8 heteroatoms. The summed E-state index contributed by atoms with van der Waals surface area (Å²) in [6.45, 7) is 0.0760. The maximum Gasteiger partial charge on any atom is 0.392 e. The molecule has 0 aromatic rings. The number of nitrogens with zero attached hydrogens (tertiary/aromatic N) is 1. The fraction of sp³-hybridized carbons (Fsp3) is 0.900. The van der Waals surface area contributed by atoms with Crippen LogP contribution in [0, 0.1) is 0 Å². The third-order valence-corrected chi connectivity index (χ3v) is 4.27. The Bertz CT molecular complexity index is 405. The molecule has 18 heavy (non-hydrogen) atoms. The topological polar surface area (TPSA) is 54.5 Å². The van der Waals surface area contributed by atoms with Gasteiger partial charge in [0.05, 0.1) is 6.42 Å². The zero-order valence-electron chi connectivity index (χ0n) is 10.0. The molecule has 106 valence electrons. The molecule has 1 fully saturated rings. The Morgan fingerprint density at radius 1 is 1.28 bits per heavy atom. The van der Waals surface area contributed by atoms with E-state index in [1.807, 2.05) is 0 Å². The fourth-order valence-electron chi connectivity index (χ4n) is 2.00. The Hall–Kier alpha value is -0.790. The van der Waals surface area contributed by atoms with Crippen molar-refractivity contribution in [3.05, 3.63) is 0 Å². The molecule has 1 aliphatic heterocycles. The molecule has 1 aliphatic rings. The van der Waals surface area contributed by atoms with E-state index < -0.39 is 33.7 Å². The predicted molar refractivity (Wildman–Crippen MR) is 59.5 cm³/mol. The van der Waals surface area contributed by atoms with E-state index in [0.717, 1.165) is 17.6 Å². The molecule has 0 spiro atoms. The average Bonchev–Trinajstić information content (AvgIpc) is 2.36. The summed E-state index contributed by atoms with van der Waals surface area (Å²) >= 11 is 0. The molecule has 0 bridgehead atoms.